The highest BCUT2D eigenvalue weighted by Crippen LogP contribution is 2.22. The molecule has 2 rings (SSSR count). The van der Waals surface area contributed by atoms with E-state index in [1.807, 2.05) is 0 Å². The van der Waals surface area contributed by atoms with Gasteiger partial charge in [-0.25, -0.2) is 0 Å². The van der Waals surface area contributed by atoms with E-state index in [0.29, 0.717) is 6.73 Å². The molecular formula is C14H21NO. The molecule has 88 valence electrons. The maximum Gasteiger partial charge on any atom is 0.0961 e. The summed E-state index contributed by atoms with van der Waals surface area (Å²) in [6.07, 6.45) is 6.36. The zero-order chi connectivity index (χ0) is 11.2. The van der Waals surface area contributed by atoms with Gasteiger partial charge in [-0.05, 0) is 48.8 Å². The molecule has 1 aromatic rings. The van der Waals surface area contributed by atoms with Crippen molar-refractivity contribution in [2.75, 3.05) is 20.4 Å². The Morgan fingerprint density at radius 2 is 2.00 bits per heavy atom. The van der Waals surface area contributed by atoms with Crippen LogP contribution in [0.1, 0.15) is 29.5 Å². The van der Waals surface area contributed by atoms with Crippen molar-refractivity contribution in [3.8, 4) is 0 Å². The molecule has 0 unspecified atom stereocenters. The van der Waals surface area contributed by atoms with Crippen LogP contribution >= 0.6 is 0 Å². The van der Waals surface area contributed by atoms with Crippen molar-refractivity contribution in [1.82, 2.24) is 5.32 Å². The lowest BCUT2D eigenvalue weighted by Crippen LogP contribution is -2.19. The van der Waals surface area contributed by atoms with Crippen molar-refractivity contribution in [2.24, 2.45) is 0 Å². The van der Waals surface area contributed by atoms with E-state index in [0.717, 1.165) is 13.0 Å². The molecule has 0 aromatic heterocycles. The van der Waals surface area contributed by atoms with Gasteiger partial charge in [0.05, 0.1) is 6.73 Å². The van der Waals surface area contributed by atoms with Gasteiger partial charge in [0.2, 0.25) is 0 Å². The Balaban J connectivity index is 1.90. The highest BCUT2D eigenvalue weighted by Gasteiger charge is 2.08. The molecule has 0 saturated carbocycles. The van der Waals surface area contributed by atoms with Gasteiger partial charge in [-0.15, -0.1) is 0 Å². The molecule has 1 aliphatic rings. The van der Waals surface area contributed by atoms with Gasteiger partial charge in [0.15, 0.2) is 0 Å². The highest BCUT2D eigenvalue weighted by atomic mass is 16.5. The van der Waals surface area contributed by atoms with Crippen molar-refractivity contribution in [3.63, 3.8) is 0 Å². The lowest BCUT2D eigenvalue weighted by Gasteiger charge is -2.16. The molecule has 0 amide bonds. The second-order valence-electron chi connectivity index (χ2n) is 4.49. The molecule has 0 bridgehead atoms. The van der Waals surface area contributed by atoms with E-state index in [4.69, 9.17) is 4.74 Å². The van der Waals surface area contributed by atoms with Crippen LogP contribution in [0.15, 0.2) is 18.2 Å². The zero-order valence-electron chi connectivity index (χ0n) is 10.1. The third-order valence-corrected chi connectivity index (χ3v) is 3.25. The van der Waals surface area contributed by atoms with Gasteiger partial charge in [-0.2, -0.15) is 0 Å². The fraction of sp³-hybridized carbons (Fsp3) is 0.571. The maximum atomic E-state index is 4.96. The number of hydrogen-bond donors (Lipinski definition) is 1. The van der Waals surface area contributed by atoms with E-state index in [1.165, 1.54) is 31.2 Å². The lowest BCUT2D eigenvalue weighted by atomic mass is 9.90. The van der Waals surface area contributed by atoms with E-state index in [1.54, 1.807) is 18.2 Å². The summed E-state index contributed by atoms with van der Waals surface area (Å²) >= 11 is 0. The molecular weight excluding hydrogens is 198 g/mol. The first-order valence-corrected chi connectivity index (χ1v) is 6.20. The first-order chi connectivity index (χ1) is 7.90. The first-order valence-electron chi connectivity index (χ1n) is 6.20. The number of nitrogens with one attached hydrogen (secondary N) is 1. The molecule has 2 nitrogen and oxygen atoms in total. The number of rotatable bonds is 5. The third-order valence-electron chi connectivity index (χ3n) is 3.25. The van der Waals surface area contributed by atoms with Gasteiger partial charge < -0.3 is 4.74 Å². The molecule has 0 aliphatic heterocycles. The van der Waals surface area contributed by atoms with Gasteiger partial charge >= 0.3 is 0 Å². The summed E-state index contributed by atoms with van der Waals surface area (Å²) in [5.41, 5.74) is 4.60. The number of fused-ring (bicyclic) bond motifs is 1. The van der Waals surface area contributed by atoms with Gasteiger partial charge in [-0.3, -0.25) is 5.32 Å². The van der Waals surface area contributed by atoms with Crippen LogP contribution in [0.2, 0.25) is 0 Å². The van der Waals surface area contributed by atoms with Crippen molar-refractivity contribution in [1.29, 1.82) is 0 Å². The quantitative estimate of drug-likeness (QED) is 0.606. The smallest absolute Gasteiger partial charge is 0.0961 e. The van der Waals surface area contributed by atoms with Gasteiger partial charge in [-0.1, -0.05) is 18.2 Å². The molecule has 0 spiro atoms. The van der Waals surface area contributed by atoms with Crippen LogP contribution in [0.25, 0.3) is 0 Å². The summed E-state index contributed by atoms with van der Waals surface area (Å²) in [5.74, 6) is 0. The minimum atomic E-state index is 0.644. The van der Waals surface area contributed by atoms with Crippen LogP contribution in [0.5, 0.6) is 0 Å². The number of aryl methyl sites for hydroxylation is 2. The van der Waals surface area contributed by atoms with Gasteiger partial charge in [0.25, 0.3) is 0 Å². The average molecular weight is 219 g/mol. The topological polar surface area (TPSA) is 21.3 Å². The molecule has 0 fully saturated rings. The van der Waals surface area contributed by atoms with Crippen LogP contribution in [0, 0.1) is 0 Å². The van der Waals surface area contributed by atoms with Crippen molar-refractivity contribution in [2.45, 2.75) is 32.1 Å². The summed E-state index contributed by atoms with van der Waals surface area (Å²) < 4.78 is 4.96. The molecule has 16 heavy (non-hydrogen) atoms. The minimum Gasteiger partial charge on any atom is -0.370 e. The Morgan fingerprint density at radius 1 is 1.19 bits per heavy atom. The standard InChI is InChI=1S/C14H21NO/c1-16-11-15-9-8-12-6-7-13-4-2-3-5-14(13)10-12/h6-7,10,15H,2-5,8-9,11H2,1H3. The molecule has 0 saturated heterocycles. The Kier molecular flexibility index (Phi) is 4.37. The zero-order valence-corrected chi connectivity index (χ0v) is 10.1. The van der Waals surface area contributed by atoms with E-state index in [9.17, 15) is 0 Å². The number of benzene rings is 1. The van der Waals surface area contributed by atoms with Gasteiger partial charge in [0, 0.05) is 13.7 Å². The summed E-state index contributed by atoms with van der Waals surface area (Å²) in [5, 5.41) is 3.24. The average Bonchev–Trinajstić information content (AvgIpc) is 2.34. The predicted octanol–water partition coefficient (Wildman–Crippen LogP) is 2.30. The van der Waals surface area contributed by atoms with Crippen LogP contribution in [-0.2, 0) is 24.0 Å². The molecule has 0 radical (unpaired) electrons. The summed E-state index contributed by atoms with van der Waals surface area (Å²) in [6.45, 7) is 1.64. The van der Waals surface area contributed by atoms with Crippen LogP contribution in [0.4, 0.5) is 0 Å². The van der Waals surface area contributed by atoms with Crippen LogP contribution < -0.4 is 5.32 Å². The van der Waals surface area contributed by atoms with E-state index in [-0.39, 0.29) is 0 Å². The number of methoxy groups -OCH3 is 1. The van der Waals surface area contributed by atoms with Crippen LogP contribution in [-0.4, -0.2) is 20.4 Å². The summed E-state index contributed by atoms with van der Waals surface area (Å²) in [4.78, 5) is 0. The SMILES string of the molecule is COCNCCc1ccc2c(c1)CCCC2. The summed E-state index contributed by atoms with van der Waals surface area (Å²) in [7, 11) is 1.71. The molecule has 1 N–H and O–H groups in total. The first kappa shape index (κ1) is 11.6. The molecule has 0 atom stereocenters. The molecule has 2 heteroatoms. The molecule has 1 aliphatic carbocycles. The second-order valence-corrected chi connectivity index (χ2v) is 4.49. The van der Waals surface area contributed by atoms with E-state index < -0.39 is 0 Å². The second kappa shape index (κ2) is 6.02. The van der Waals surface area contributed by atoms with Crippen molar-refractivity contribution < 1.29 is 4.74 Å². The Labute approximate surface area is 98.0 Å². The van der Waals surface area contributed by atoms with Gasteiger partial charge in [0.1, 0.15) is 0 Å². The Bertz CT molecular complexity index is 336. The van der Waals surface area contributed by atoms with Crippen molar-refractivity contribution in [3.05, 3.63) is 34.9 Å². The van der Waals surface area contributed by atoms with Crippen molar-refractivity contribution >= 4 is 0 Å². The monoisotopic (exact) mass is 219 g/mol. The largest absolute Gasteiger partial charge is 0.370 e. The lowest BCUT2D eigenvalue weighted by molar-refractivity contribution is 0.176. The third kappa shape index (κ3) is 3.06. The fourth-order valence-corrected chi connectivity index (χ4v) is 2.35. The maximum absolute atomic E-state index is 4.96. The number of hydrogen-bond acceptors (Lipinski definition) is 2. The fourth-order valence-electron chi connectivity index (χ4n) is 2.35. The highest BCUT2D eigenvalue weighted by molar-refractivity contribution is 5.33. The molecule has 1 aromatic carbocycles. The normalized spacial score (nSPS) is 14.8. The van der Waals surface area contributed by atoms with E-state index in [2.05, 4.69) is 23.5 Å². The predicted molar refractivity (Wildman–Crippen MR) is 66.7 cm³/mol. The Hall–Kier alpha value is -0.860. The van der Waals surface area contributed by atoms with Crippen LogP contribution in [0.3, 0.4) is 0 Å². The molecule has 0 heterocycles. The number of ether oxygens (including phenoxy) is 1. The van der Waals surface area contributed by atoms with E-state index >= 15 is 0 Å². The minimum absolute atomic E-state index is 0.644. The summed E-state index contributed by atoms with van der Waals surface area (Å²) in [6, 6.07) is 6.99. The Morgan fingerprint density at radius 3 is 2.81 bits per heavy atom.